The Bertz CT molecular complexity index is 740. The number of fused-ring (bicyclic) bond motifs is 1. The van der Waals surface area contributed by atoms with Gasteiger partial charge in [0.15, 0.2) is 11.3 Å². The van der Waals surface area contributed by atoms with Crippen molar-refractivity contribution in [1.82, 2.24) is 19.5 Å². The second kappa shape index (κ2) is 5.31. The van der Waals surface area contributed by atoms with Crippen molar-refractivity contribution in [2.24, 2.45) is 5.73 Å². The zero-order valence-electron chi connectivity index (χ0n) is 12.1. The van der Waals surface area contributed by atoms with Gasteiger partial charge in [-0.3, -0.25) is 9.36 Å². The number of nitrogens with zero attached hydrogens (tertiary/aromatic N) is 3. The molecule has 3 N–H and O–H groups in total. The molecule has 7 heteroatoms. The van der Waals surface area contributed by atoms with Crippen LogP contribution < -0.4 is 11.4 Å². The van der Waals surface area contributed by atoms with Gasteiger partial charge in [-0.2, -0.15) is 0 Å². The van der Waals surface area contributed by atoms with Gasteiger partial charge >= 0.3 is 5.69 Å². The number of carbonyl (C=O) groups excluding carboxylic acids is 1. The Morgan fingerprint density at radius 2 is 2.05 bits per heavy atom. The number of nitrogens with two attached hydrogens (primary N) is 1. The van der Waals surface area contributed by atoms with Crippen LogP contribution in [0.25, 0.3) is 11.2 Å². The number of carbonyl (C=O) groups is 1. The smallest absolute Gasteiger partial charge is 0.327 e. The SMILES string of the molecule is CCc1nc(C(N)=O)c2[nH]c(=O)n(C3CCCCC3)c2n1. The molecule has 1 aliphatic carbocycles. The zero-order valence-corrected chi connectivity index (χ0v) is 12.1. The van der Waals surface area contributed by atoms with Gasteiger partial charge in [0.25, 0.3) is 5.91 Å². The molecule has 112 valence electrons. The van der Waals surface area contributed by atoms with E-state index in [9.17, 15) is 9.59 Å². The van der Waals surface area contributed by atoms with Crippen LogP contribution in [0.2, 0.25) is 0 Å². The topological polar surface area (TPSA) is 107 Å². The molecule has 7 nitrogen and oxygen atoms in total. The normalized spacial score (nSPS) is 16.4. The van der Waals surface area contributed by atoms with Crippen LogP contribution in [0, 0.1) is 0 Å². The number of H-pyrrole nitrogens is 1. The van der Waals surface area contributed by atoms with Gasteiger partial charge in [0.1, 0.15) is 11.3 Å². The summed E-state index contributed by atoms with van der Waals surface area (Å²) in [4.78, 5) is 35.2. The maximum Gasteiger partial charge on any atom is 0.327 e. The van der Waals surface area contributed by atoms with Gasteiger partial charge in [-0.25, -0.2) is 14.8 Å². The second-order valence-corrected chi connectivity index (χ2v) is 5.50. The van der Waals surface area contributed by atoms with Crippen LogP contribution in [-0.4, -0.2) is 25.4 Å². The van der Waals surface area contributed by atoms with Crippen molar-refractivity contribution < 1.29 is 4.79 Å². The van der Waals surface area contributed by atoms with Crippen LogP contribution in [0.15, 0.2) is 4.79 Å². The molecule has 1 fully saturated rings. The first kappa shape index (κ1) is 13.8. The van der Waals surface area contributed by atoms with Crippen molar-refractivity contribution in [2.75, 3.05) is 0 Å². The van der Waals surface area contributed by atoms with Crippen molar-refractivity contribution >= 4 is 17.1 Å². The minimum absolute atomic E-state index is 0.100. The first-order valence-electron chi connectivity index (χ1n) is 7.42. The lowest BCUT2D eigenvalue weighted by atomic mass is 9.95. The molecular weight excluding hydrogens is 270 g/mol. The summed E-state index contributed by atoms with van der Waals surface area (Å²) in [6, 6.07) is 0.139. The van der Waals surface area contributed by atoms with Gasteiger partial charge in [-0.1, -0.05) is 26.2 Å². The van der Waals surface area contributed by atoms with E-state index in [1.54, 1.807) is 4.57 Å². The maximum absolute atomic E-state index is 12.3. The second-order valence-electron chi connectivity index (χ2n) is 5.50. The highest BCUT2D eigenvalue weighted by Crippen LogP contribution is 2.29. The Labute approximate surface area is 121 Å². The Balaban J connectivity index is 2.25. The molecule has 2 aromatic rings. The first-order valence-corrected chi connectivity index (χ1v) is 7.42. The van der Waals surface area contributed by atoms with Crippen molar-refractivity contribution in [2.45, 2.75) is 51.5 Å². The van der Waals surface area contributed by atoms with Gasteiger partial charge in [0.05, 0.1) is 0 Å². The highest BCUT2D eigenvalue weighted by molar-refractivity contribution is 6.01. The minimum atomic E-state index is -0.644. The predicted molar refractivity (Wildman–Crippen MR) is 78.2 cm³/mol. The van der Waals surface area contributed by atoms with Gasteiger partial charge in [-0.05, 0) is 12.8 Å². The molecular formula is C14H19N5O2. The van der Waals surface area contributed by atoms with E-state index in [2.05, 4.69) is 15.0 Å². The molecule has 1 amide bonds. The summed E-state index contributed by atoms with van der Waals surface area (Å²) in [7, 11) is 0. The van der Waals surface area contributed by atoms with E-state index in [0.717, 1.165) is 25.7 Å². The summed E-state index contributed by atoms with van der Waals surface area (Å²) in [5.74, 6) is -0.117. The molecule has 2 heterocycles. The Kier molecular flexibility index (Phi) is 3.48. The highest BCUT2D eigenvalue weighted by atomic mass is 16.2. The van der Waals surface area contributed by atoms with E-state index in [1.165, 1.54) is 6.42 Å². The number of hydrogen-bond acceptors (Lipinski definition) is 4. The van der Waals surface area contributed by atoms with E-state index >= 15 is 0 Å². The van der Waals surface area contributed by atoms with Crippen molar-refractivity contribution in [3.63, 3.8) is 0 Å². The lowest BCUT2D eigenvalue weighted by molar-refractivity contribution is 0.0996. The lowest BCUT2D eigenvalue weighted by Gasteiger charge is -2.22. The molecule has 0 atom stereocenters. The van der Waals surface area contributed by atoms with Crippen LogP contribution in [0.3, 0.4) is 0 Å². The average Bonchev–Trinajstić information content (AvgIpc) is 2.82. The molecule has 0 saturated heterocycles. The van der Waals surface area contributed by atoms with E-state index < -0.39 is 5.91 Å². The van der Waals surface area contributed by atoms with Crippen LogP contribution in [0.4, 0.5) is 0 Å². The summed E-state index contributed by atoms with van der Waals surface area (Å²) >= 11 is 0. The summed E-state index contributed by atoms with van der Waals surface area (Å²) in [5.41, 5.74) is 6.11. The van der Waals surface area contributed by atoms with Gasteiger partial charge in [-0.15, -0.1) is 0 Å². The quantitative estimate of drug-likeness (QED) is 0.887. The predicted octanol–water partition coefficient (Wildman–Crippen LogP) is 1.29. The summed E-state index contributed by atoms with van der Waals surface area (Å²) in [6.07, 6.45) is 5.93. The molecule has 2 aromatic heterocycles. The summed E-state index contributed by atoms with van der Waals surface area (Å²) in [6.45, 7) is 1.90. The number of aromatic amines is 1. The summed E-state index contributed by atoms with van der Waals surface area (Å²) in [5, 5.41) is 0. The number of primary amides is 1. The van der Waals surface area contributed by atoms with Crippen LogP contribution in [0.1, 0.15) is 61.4 Å². The van der Waals surface area contributed by atoms with E-state index in [0.29, 0.717) is 23.4 Å². The van der Waals surface area contributed by atoms with E-state index in [-0.39, 0.29) is 17.4 Å². The average molecular weight is 289 g/mol. The molecule has 0 unspecified atom stereocenters. The van der Waals surface area contributed by atoms with E-state index in [4.69, 9.17) is 5.73 Å². The van der Waals surface area contributed by atoms with Crippen molar-refractivity contribution in [3.8, 4) is 0 Å². The molecule has 1 aliphatic rings. The van der Waals surface area contributed by atoms with Gasteiger partial charge < -0.3 is 10.7 Å². The minimum Gasteiger partial charge on any atom is -0.364 e. The third kappa shape index (κ3) is 2.32. The fourth-order valence-corrected chi connectivity index (χ4v) is 3.06. The monoisotopic (exact) mass is 289 g/mol. The third-order valence-electron chi connectivity index (χ3n) is 4.10. The Morgan fingerprint density at radius 3 is 2.67 bits per heavy atom. The van der Waals surface area contributed by atoms with Gasteiger partial charge in [0, 0.05) is 12.5 Å². The van der Waals surface area contributed by atoms with Crippen molar-refractivity contribution in [1.29, 1.82) is 0 Å². The first-order chi connectivity index (χ1) is 10.1. The van der Waals surface area contributed by atoms with Crippen LogP contribution in [-0.2, 0) is 6.42 Å². The maximum atomic E-state index is 12.3. The number of amides is 1. The number of imidazole rings is 1. The van der Waals surface area contributed by atoms with E-state index in [1.807, 2.05) is 6.92 Å². The lowest BCUT2D eigenvalue weighted by Crippen LogP contribution is -2.24. The molecule has 1 saturated carbocycles. The van der Waals surface area contributed by atoms with Gasteiger partial charge in [0.2, 0.25) is 0 Å². The molecule has 0 aromatic carbocycles. The summed E-state index contributed by atoms with van der Waals surface area (Å²) < 4.78 is 1.68. The molecule has 3 rings (SSSR count). The Hall–Kier alpha value is -2.18. The molecule has 0 radical (unpaired) electrons. The van der Waals surface area contributed by atoms with Crippen LogP contribution >= 0.6 is 0 Å². The number of aryl methyl sites for hydroxylation is 1. The number of rotatable bonds is 3. The van der Waals surface area contributed by atoms with Crippen LogP contribution in [0.5, 0.6) is 0 Å². The number of aromatic nitrogens is 4. The number of hydrogen-bond donors (Lipinski definition) is 2. The fraction of sp³-hybridized carbons (Fsp3) is 0.571. The molecule has 0 spiro atoms. The molecule has 0 aliphatic heterocycles. The third-order valence-corrected chi connectivity index (χ3v) is 4.10. The highest BCUT2D eigenvalue weighted by Gasteiger charge is 2.24. The standard InChI is InChI=1S/C14H19N5O2/c1-2-9-16-10(12(15)20)11-13(17-9)19(14(21)18-11)8-6-4-3-5-7-8/h8H,2-7H2,1H3,(H2,15,20)(H,18,21). The molecule has 0 bridgehead atoms. The number of nitrogens with one attached hydrogen (secondary N) is 1. The Morgan fingerprint density at radius 1 is 1.33 bits per heavy atom. The zero-order chi connectivity index (χ0) is 15.0. The molecule has 21 heavy (non-hydrogen) atoms. The fourth-order valence-electron chi connectivity index (χ4n) is 3.06. The van der Waals surface area contributed by atoms with Crippen molar-refractivity contribution in [3.05, 3.63) is 22.0 Å². The largest absolute Gasteiger partial charge is 0.364 e.